The summed E-state index contributed by atoms with van der Waals surface area (Å²) >= 11 is 5.92. The molecule has 0 aliphatic rings. The summed E-state index contributed by atoms with van der Waals surface area (Å²) in [5.41, 5.74) is 1.35. The van der Waals surface area contributed by atoms with E-state index in [0.717, 1.165) is 12.1 Å². The molecule has 5 heteroatoms. The first-order valence-corrected chi connectivity index (χ1v) is 6.60. The molecule has 0 bridgehead atoms. The van der Waals surface area contributed by atoms with Gasteiger partial charge in [0.05, 0.1) is 12.9 Å². The molecule has 1 rings (SSSR count). The lowest BCUT2D eigenvalue weighted by Gasteiger charge is -2.09. The van der Waals surface area contributed by atoms with Gasteiger partial charge in [-0.05, 0) is 24.5 Å². The Balaban J connectivity index is 2.59. The third kappa shape index (κ3) is 5.30. The van der Waals surface area contributed by atoms with E-state index in [1.54, 1.807) is 12.1 Å². The minimum Gasteiger partial charge on any atom is -0.502 e. The number of nitrogens with one attached hydrogen (secondary N) is 1. The zero-order valence-electron chi connectivity index (χ0n) is 11.3. The Hall–Kier alpha value is -1.55. The highest BCUT2D eigenvalue weighted by molar-refractivity contribution is 6.29. The molecule has 0 aliphatic carbocycles. The first-order valence-electron chi connectivity index (χ1n) is 6.22. The molecule has 1 aromatic heterocycles. The quantitative estimate of drug-likeness (QED) is 0.475. The van der Waals surface area contributed by atoms with Gasteiger partial charge < -0.3 is 10.1 Å². The highest BCUT2D eigenvalue weighted by Crippen LogP contribution is 2.17. The van der Waals surface area contributed by atoms with Crippen LogP contribution in [-0.2, 0) is 4.74 Å². The zero-order valence-corrected chi connectivity index (χ0v) is 12.0. The maximum atomic E-state index is 11.9. The topological polar surface area (TPSA) is 51.2 Å². The number of halogens is 1. The smallest absolute Gasteiger partial charge is 0.251 e. The van der Waals surface area contributed by atoms with Gasteiger partial charge in [0.25, 0.3) is 5.91 Å². The van der Waals surface area contributed by atoms with Crippen LogP contribution in [0, 0.1) is 0 Å². The predicted octanol–water partition coefficient (Wildman–Crippen LogP) is 3.14. The normalized spacial score (nSPS) is 10.3. The minimum absolute atomic E-state index is 0.148. The van der Waals surface area contributed by atoms with Crippen molar-refractivity contribution >= 4 is 17.5 Å². The maximum absolute atomic E-state index is 11.9. The van der Waals surface area contributed by atoms with Crippen molar-refractivity contribution in [2.45, 2.75) is 26.2 Å². The Labute approximate surface area is 118 Å². The molecule has 0 atom stereocenters. The molecule has 0 spiro atoms. The van der Waals surface area contributed by atoms with Crippen LogP contribution < -0.4 is 5.32 Å². The Morgan fingerprint density at radius 2 is 2.32 bits per heavy atom. The summed E-state index contributed by atoms with van der Waals surface area (Å²) in [6.07, 6.45) is 2.12. The fourth-order valence-corrected chi connectivity index (χ4v) is 1.70. The molecule has 0 unspecified atom stereocenters. The second-order valence-corrected chi connectivity index (χ2v) is 4.79. The summed E-state index contributed by atoms with van der Waals surface area (Å²) in [6, 6.07) is 3.34. The molecule has 0 saturated carbocycles. The average molecular weight is 283 g/mol. The van der Waals surface area contributed by atoms with Gasteiger partial charge in [-0.2, -0.15) is 0 Å². The molecular weight excluding hydrogens is 264 g/mol. The third-order valence-electron chi connectivity index (χ3n) is 2.51. The highest BCUT2D eigenvalue weighted by Gasteiger charge is 2.10. The van der Waals surface area contributed by atoms with Crippen molar-refractivity contribution in [2.75, 3.05) is 13.2 Å². The van der Waals surface area contributed by atoms with Crippen LogP contribution in [0.5, 0.6) is 0 Å². The Bertz CT molecular complexity index is 447. The molecule has 104 valence electrons. The summed E-state index contributed by atoms with van der Waals surface area (Å²) in [7, 11) is 0. The summed E-state index contributed by atoms with van der Waals surface area (Å²) in [4.78, 5) is 16.1. The van der Waals surface area contributed by atoms with E-state index in [1.807, 2.05) is 13.8 Å². The molecule has 1 aromatic rings. The first-order chi connectivity index (χ1) is 9.04. The van der Waals surface area contributed by atoms with E-state index in [9.17, 15) is 4.79 Å². The Morgan fingerprint density at radius 1 is 1.58 bits per heavy atom. The molecule has 0 saturated heterocycles. The van der Waals surface area contributed by atoms with Gasteiger partial charge >= 0.3 is 0 Å². The van der Waals surface area contributed by atoms with Gasteiger partial charge in [-0.3, -0.25) is 4.79 Å². The number of aromatic nitrogens is 1. The van der Waals surface area contributed by atoms with E-state index in [2.05, 4.69) is 16.9 Å². The van der Waals surface area contributed by atoms with Crippen molar-refractivity contribution in [1.82, 2.24) is 10.3 Å². The highest BCUT2D eigenvalue weighted by atomic mass is 35.5. The van der Waals surface area contributed by atoms with Crippen molar-refractivity contribution < 1.29 is 9.53 Å². The second kappa shape index (κ2) is 7.79. The van der Waals surface area contributed by atoms with E-state index in [0.29, 0.717) is 23.9 Å². The van der Waals surface area contributed by atoms with Crippen molar-refractivity contribution in [2.24, 2.45) is 0 Å². The third-order valence-corrected chi connectivity index (χ3v) is 2.70. The van der Waals surface area contributed by atoms with Gasteiger partial charge in [-0.15, -0.1) is 0 Å². The van der Waals surface area contributed by atoms with E-state index in [-0.39, 0.29) is 11.8 Å². The van der Waals surface area contributed by atoms with Crippen LogP contribution in [0.25, 0.3) is 0 Å². The number of hydrogen-bond acceptors (Lipinski definition) is 3. The predicted molar refractivity (Wildman–Crippen MR) is 76.4 cm³/mol. The number of rotatable bonds is 7. The Morgan fingerprint density at radius 3 is 2.95 bits per heavy atom. The number of carbonyl (C=O) groups excluding carboxylic acids is 1. The van der Waals surface area contributed by atoms with Crippen LogP contribution in [0.15, 0.2) is 25.0 Å². The molecule has 1 heterocycles. The summed E-state index contributed by atoms with van der Waals surface area (Å²) < 4.78 is 4.97. The van der Waals surface area contributed by atoms with Gasteiger partial charge in [0.1, 0.15) is 5.15 Å². The molecule has 19 heavy (non-hydrogen) atoms. The molecule has 0 fully saturated rings. The van der Waals surface area contributed by atoms with Crippen LogP contribution in [0.3, 0.4) is 0 Å². The van der Waals surface area contributed by atoms with Gasteiger partial charge in [0.15, 0.2) is 0 Å². The number of ether oxygens (including phenoxy) is 1. The van der Waals surface area contributed by atoms with Crippen LogP contribution in [-0.4, -0.2) is 24.0 Å². The Kier molecular flexibility index (Phi) is 6.36. The lowest BCUT2D eigenvalue weighted by atomic mass is 10.1. The van der Waals surface area contributed by atoms with E-state index in [4.69, 9.17) is 16.3 Å². The molecule has 1 amide bonds. The monoisotopic (exact) mass is 282 g/mol. The van der Waals surface area contributed by atoms with E-state index >= 15 is 0 Å². The summed E-state index contributed by atoms with van der Waals surface area (Å²) in [5.74, 6) is 0.0797. The average Bonchev–Trinajstić information content (AvgIpc) is 2.37. The van der Waals surface area contributed by atoms with Crippen LogP contribution in [0.4, 0.5) is 0 Å². The van der Waals surface area contributed by atoms with Gasteiger partial charge in [0.2, 0.25) is 0 Å². The standard InChI is InChI=1S/C14H19ClN2O2/c1-4-19-7-5-6-16-14(18)11-8-12(10(2)3)17-13(15)9-11/h4,8-10H,1,5-7H2,2-3H3,(H,16,18). The fraction of sp³-hybridized carbons (Fsp3) is 0.429. The molecular formula is C14H19ClN2O2. The first kappa shape index (κ1) is 15.5. The SMILES string of the molecule is C=COCCCNC(=O)c1cc(Cl)nc(C(C)C)c1. The molecule has 4 nitrogen and oxygen atoms in total. The molecule has 0 aromatic carbocycles. The number of carbonyl (C=O) groups is 1. The largest absolute Gasteiger partial charge is 0.502 e. The van der Waals surface area contributed by atoms with Crippen molar-refractivity contribution in [1.29, 1.82) is 0 Å². The molecule has 1 N–H and O–H groups in total. The molecule has 0 aliphatic heterocycles. The van der Waals surface area contributed by atoms with E-state index < -0.39 is 0 Å². The number of amides is 1. The second-order valence-electron chi connectivity index (χ2n) is 4.41. The number of pyridine rings is 1. The lowest BCUT2D eigenvalue weighted by molar-refractivity contribution is 0.0950. The molecule has 0 radical (unpaired) electrons. The van der Waals surface area contributed by atoms with Gasteiger partial charge in [-0.25, -0.2) is 4.98 Å². The van der Waals surface area contributed by atoms with Crippen LogP contribution in [0.1, 0.15) is 42.2 Å². The lowest BCUT2D eigenvalue weighted by Crippen LogP contribution is -2.25. The minimum atomic E-state index is -0.148. The number of nitrogens with zero attached hydrogens (tertiary/aromatic N) is 1. The summed E-state index contributed by atoms with van der Waals surface area (Å²) in [6.45, 7) is 8.54. The van der Waals surface area contributed by atoms with Crippen LogP contribution >= 0.6 is 11.6 Å². The summed E-state index contributed by atoms with van der Waals surface area (Å²) in [5, 5.41) is 3.15. The van der Waals surface area contributed by atoms with Gasteiger partial charge in [-0.1, -0.05) is 32.0 Å². The fourth-order valence-electron chi connectivity index (χ4n) is 1.49. The van der Waals surface area contributed by atoms with E-state index in [1.165, 1.54) is 6.26 Å². The maximum Gasteiger partial charge on any atom is 0.251 e. The van der Waals surface area contributed by atoms with Crippen LogP contribution in [0.2, 0.25) is 5.15 Å². The zero-order chi connectivity index (χ0) is 14.3. The van der Waals surface area contributed by atoms with Gasteiger partial charge in [0, 0.05) is 17.8 Å². The van der Waals surface area contributed by atoms with Crippen molar-refractivity contribution in [3.05, 3.63) is 41.4 Å². The van der Waals surface area contributed by atoms with Crippen molar-refractivity contribution in [3.63, 3.8) is 0 Å². The number of hydrogen-bond donors (Lipinski definition) is 1. The van der Waals surface area contributed by atoms with Crippen molar-refractivity contribution in [3.8, 4) is 0 Å².